The van der Waals surface area contributed by atoms with Crippen LogP contribution in [0.25, 0.3) is 0 Å². The van der Waals surface area contributed by atoms with Gasteiger partial charge in [0.2, 0.25) is 5.91 Å². The average Bonchev–Trinajstić information content (AvgIpc) is 3.24. The third-order valence-electron chi connectivity index (χ3n) is 4.86. The SMILES string of the molecule is Cc1ccc(N2CCN(C(=O)[C@@H](c3ccccc3)n3cnnn3)CC2=O)cc1. The number of rotatable bonds is 4. The van der Waals surface area contributed by atoms with Crippen molar-refractivity contribution in [2.24, 2.45) is 0 Å². The number of carbonyl (C=O) groups excluding carboxylic acids is 2. The number of carbonyl (C=O) groups is 2. The Morgan fingerprint density at radius 2 is 1.79 bits per heavy atom. The van der Waals surface area contributed by atoms with Crippen molar-refractivity contribution in [1.82, 2.24) is 25.1 Å². The van der Waals surface area contributed by atoms with Crippen molar-refractivity contribution in [2.75, 3.05) is 24.5 Å². The molecular weight excluding hydrogens is 356 g/mol. The standard InChI is InChI=1S/C20H20N6O2/c1-15-7-9-17(10-8-15)25-12-11-24(13-18(25)27)20(28)19(26-14-21-22-23-26)16-5-3-2-4-6-16/h2-10,14,19H,11-13H2,1H3/t19-/m1/s1. The highest BCUT2D eigenvalue weighted by Gasteiger charge is 2.34. The van der Waals surface area contributed by atoms with E-state index in [0.29, 0.717) is 13.1 Å². The first-order valence-corrected chi connectivity index (χ1v) is 9.07. The van der Waals surface area contributed by atoms with Crippen molar-refractivity contribution in [3.8, 4) is 0 Å². The number of amides is 2. The lowest BCUT2D eigenvalue weighted by Gasteiger charge is -2.36. The minimum Gasteiger partial charge on any atom is -0.329 e. The fraction of sp³-hybridized carbons (Fsp3) is 0.250. The number of aryl methyl sites for hydroxylation is 1. The molecule has 0 radical (unpaired) electrons. The van der Waals surface area contributed by atoms with Gasteiger partial charge in [0.1, 0.15) is 12.9 Å². The summed E-state index contributed by atoms with van der Waals surface area (Å²) in [6.45, 7) is 2.93. The van der Waals surface area contributed by atoms with Gasteiger partial charge < -0.3 is 9.80 Å². The zero-order valence-electron chi connectivity index (χ0n) is 15.5. The molecule has 28 heavy (non-hydrogen) atoms. The number of benzene rings is 2. The molecule has 0 unspecified atom stereocenters. The molecule has 1 atom stereocenters. The van der Waals surface area contributed by atoms with E-state index in [9.17, 15) is 9.59 Å². The summed E-state index contributed by atoms with van der Waals surface area (Å²) in [5.41, 5.74) is 2.76. The van der Waals surface area contributed by atoms with E-state index in [0.717, 1.165) is 16.8 Å². The van der Waals surface area contributed by atoms with Gasteiger partial charge in [-0.05, 0) is 35.0 Å². The highest BCUT2D eigenvalue weighted by molar-refractivity contribution is 5.98. The van der Waals surface area contributed by atoms with Crippen molar-refractivity contribution in [3.05, 3.63) is 72.1 Å². The van der Waals surface area contributed by atoms with E-state index in [1.165, 1.54) is 11.0 Å². The molecule has 0 saturated carbocycles. The first-order chi connectivity index (χ1) is 13.6. The Kier molecular flexibility index (Phi) is 4.84. The molecule has 8 nitrogen and oxygen atoms in total. The second-order valence-corrected chi connectivity index (χ2v) is 6.74. The third-order valence-corrected chi connectivity index (χ3v) is 4.86. The Bertz CT molecular complexity index is 956. The molecule has 1 fully saturated rings. The Labute approximate surface area is 162 Å². The lowest BCUT2D eigenvalue weighted by Crippen LogP contribution is -2.54. The molecule has 2 amide bonds. The van der Waals surface area contributed by atoms with Crippen LogP contribution in [-0.4, -0.2) is 56.6 Å². The Hall–Kier alpha value is -3.55. The summed E-state index contributed by atoms with van der Waals surface area (Å²) in [5.74, 6) is -0.303. The lowest BCUT2D eigenvalue weighted by molar-refractivity contribution is -0.139. The van der Waals surface area contributed by atoms with Gasteiger partial charge in [-0.3, -0.25) is 9.59 Å². The molecule has 0 bridgehead atoms. The number of tetrazole rings is 1. The van der Waals surface area contributed by atoms with Crippen molar-refractivity contribution < 1.29 is 9.59 Å². The van der Waals surface area contributed by atoms with Gasteiger partial charge in [-0.25, -0.2) is 4.68 Å². The minimum atomic E-state index is -0.699. The molecule has 142 valence electrons. The maximum absolute atomic E-state index is 13.3. The van der Waals surface area contributed by atoms with Gasteiger partial charge in [-0.15, -0.1) is 5.10 Å². The first kappa shape index (κ1) is 17.8. The molecule has 0 aliphatic carbocycles. The van der Waals surface area contributed by atoms with E-state index < -0.39 is 6.04 Å². The van der Waals surface area contributed by atoms with Crippen LogP contribution in [0.2, 0.25) is 0 Å². The van der Waals surface area contributed by atoms with Gasteiger partial charge in [-0.1, -0.05) is 48.0 Å². The summed E-state index contributed by atoms with van der Waals surface area (Å²) in [4.78, 5) is 29.3. The Balaban J connectivity index is 1.54. The monoisotopic (exact) mass is 376 g/mol. The van der Waals surface area contributed by atoms with Crippen LogP contribution < -0.4 is 4.90 Å². The van der Waals surface area contributed by atoms with Gasteiger partial charge in [-0.2, -0.15) is 0 Å². The molecule has 0 spiro atoms. The summed E-state index contributed by atoms with van der Waals surface area (Å²) >= 11 is 0. The predicted molar refractivity (Wildman–Crippen MR) is 103 cm³/mol. The van der Waals surface area contributed by atoms with E-state index in [2.05, 4.69) is 15.5 Å². The molecule has 1 aromatic heterocycles. The van der Waals surface area contributed by atoms with Crippen LogP contribution in [0.4, 0.5) is 5.69 Å². The minimum absolute atomic E-state index is 0.0260. The highest BCUT2D eigenvalue weighted by atomic mass is 16.2. The van der Waals surface area contributed by atoms with Crippen molar-refractivity contribution in [1.29, 1.82) is 0 Å². The molecule has 0 N–H and O–H groups in total. The van der Waals surface area contributed by atoms with Crippen LogP contribution in [0.3, 0.4) is 0 Å². The number of anilines is 1. The molecule has 1 aliphatic heterocycles. The molecular formula is C20H20N6O2. The van der Waals surface area contributed by atoms with Gasteiger partial charge in [0.15, 0.2) is 6.04 Å². The summed E-state index contributed by atoms with van der Waals surface area (Å²) in [6, 6.07) is 16.4. The number of nitrogens with zero attached hydrogens (tertiary/aromatic N) is 6. The normalized spacial score (nSPS) is 15.5. The summed E-state index contributed by atoms with van der Waals surface area (Å²) in [6.07, 6.45) is 1.42. The molecule has 1 aliphatic rings. The molecule has 2 heterocycles. The van der Waals surface area contributed by atoms with Crippen LogP contribution in [0, 0.1) is 6.92 Å². The second-order valence-electron chi connectivity index (χ2n) is 6.74. The van der Waals surface area contributed by atoms with Gasteiger partial charge in [0.25, 0.3) is 5.91 Å². The van der Waals surface area contributed by atoms with Crippen LogP contribution in [0.5, 0.6) is 0 Å². The van der Waals surface area contributed by atoms with Gasteiger partial charge >= 0.3 is 0 Å². The fourth-order valence-corrected chi connectivity index (χ4v) is 3.36. The lowest BCUT2D eigenvalue weighted by atomic mass is 10.1. The van der Waals surface area contributed by atoms with Crippen LogP contribution >= 0.6 is 0 Å². The predicted octanol–water partition coefficient (Wildman–Crippen LogP) is 1.45. The first-order valence-electron chi connectivity index (χ1n) is 9.07. The van der Waals surface area contributed by atoms with E-state index in [1.807, 2.05) is 61.5 Å². The average molecular weight is 376 g/mol. The van der Waals surface area contributed by atoms with Crippen molar-refractivity contribution in [3.63, 3.8) is 0 Å². The zero-order chi connectivity index (χ0) is 19.5. The van der Waals surface area contributed by atoms with Crippen LogP contribution in [-0.2, 0) is 9.59 Å². The molecule has 4 rings (SSSR count). The van der Waals surface area contributed by atoms with E-state index in [4.69, 9.17) is 0 Å². The summed E-state index contributed by atoms with van der Waals surface area (Å²) < 4.78 is 1.43. The van der Waals surface area contributed by atoms with E-state index >= 15 is 0 Å². The highest BCUT2D eigenvalue weighted by Crippen LogP contribution is 2.23. The quantitative estimate of drug-likeness (QED) is 0.688. The number of piperazine rings is 1. The smallest absolute Gasteiger partial charge is 0.252 e. The summed E-state index contributed by atoms with van der Waals surface area (Å²) in [7, 11) is 0. The van der Waals surface area contributed by atoms with E-state index in [-0.39, 0.29) is 18.4 Å². The van der Waals surface area contributed by atoms with Crippen molar-refractivity contribution in [2.45, 2.75) is 13.0 Å². The van der Waals surface area contributed by atoms with Gasteiger partial charge in [0, 0.05) is 18.8 Å². The largest absolute Gasteiger partial charge is 0.329 e. The molecule has 8 heteroatoms. The number of hydrogen-bond donors (Lipinski definition) is 0. The topological polar surface area (TPSA) is 84.2 Å². The molecule has 1 saturated heterocycles. The number of aromatic nitrogens is 4. The fourth-order valence-electron chi connectivity index (χ4n) is 3.36. The van der Waals surface area contributed by atoms with Crippen molar-refractivity contribution >= 4 is 17.5 Å². The zero-order valence-corrected chi connectivity index (χ0v) is 15.5. The second kappa shape index (κ2) is 7.59. The van der Waals surface area contributed by atoms with Crippen LogP contribution in [0.15, 0.2) is 60.9 Å². The van der Waals surface area contributed by atoms with Crippen LogP contribution in [0.1, 0.15) is 17.2 Å². The third kappa shape index (κ3) is 3.48. The maximum atomic E-state index is 13.3. The number of hydrogen-bond acceptors (Lipinski definition) is 5. The van der Waals surface area contributed by atoms with E-state index in [1.54, 1.807) is 9.80 Å². The van der Waals surface area contributed by atoms with Gasteiger partial charge in [0.05, 0.1) is 0 Å². The molecule has 3 aromatic rings. The summed E-state index contributed by atoms with van der Waals surface area (Å²) in [5, 5.41) is 11.2. The Morgan fingerprint density at radius 3 is 2.43 bits per heavy atom. The Morgan fingerprint density at radius 1 is 1.04 bits per heavy atom. The molecule has 2 aromatic carbocycles. The maximum Gasteiger partial charge on any atom is 0.252 e.